The maximum Gasteiger partial charge on any atom is 0.283 e. The summed E-state index contributed by atoms with van der Waals surface area (Å²) in [6.45, 7) is 1.08. The van der Waals surface area contributed by atoms with E-state index in [1.807, 2.05) is 0 Å². The summed E-state index contributed by atoms with van der Waals surface area (Å²) in [6.07, 6.45) is -0.201. The second-order valence-electron chi connectivity index (χ2n) is 6.11. The van der Waals surface area contributed by atoms with Crippen LogP contribution in [-0.4, -0.2) is 36.8 Å². The van der Waals surface area contributed by atoms with Gasteiger partial charge in [-0.25, -0.2) is 18.8 Å². The third-order valence-corrected chi connectivity index (χ3v) is 4.30. The van der Waals surface area contributed by atoms with Crippen LogP contribution in [0.25, 0.3) is 0 Å². The molecule has 27 heavy (non-hydrogen) atoms. The normalized spacial score (nSPS) is 21.8. The van der Waals surface area contributed by atoms with E-state index in [4.69, 9.17) is 15.2 Å². The van der Waals surface area contributed by atoms with Crippen LogP contribution in [0.2, 0.25) is 0 Å². The zero-order chi connectivity index (χ0) is 19.6. The molecule has 7 nitrogen and oxygen atoms in total. The first kappa shape index (κ1) is 18.6. The molecule has 0 spiro atoms. The Hall–Kier alpha value is -3.23. The summed E-state index contributed by atoms with van der Waals surface area (Å²) in [6, 6.07) is 6.68. The van der Waals surface area contributed by atoms with Crippen LogP contribution >= 0.6 is 0 Å². The fraction of sp³-hybridized carbons (Fsp3) is 0.278. The molecule has 0 unspecified atom stereocenters. The molecule has 2 heterocycles. The number of hydrogen-bond acceptors (Lipinski definition) is 6. The highest BCUT2D eigenvalue weighted by molar-refractivity contribution is 6.02. The molecule has 0 saturated heterocycles. The Labute approximate surface area is 154 Å². The Bertz CT molecular complexity index is 889. The molecule has 1 amide bonds. The van der Waals surface area contributed by atoms with Crippen molar-refractivity contribution in [1.82, 2.24) is 4.98 Å². The Balaban J connectivity index is 1.89. The SMILES string of the molecule is COc1ccc(C(=O)Nc2ccc(F)c([C@@]3(C)N=C(N)OC[C@@H]3F)c2)nc1. The van der Waals surface area contributed by atoms with E-state index >= 15 is 0 Å². The zero-order valence-corrected chi connectivity index (χ0v) is 14.7. The number of rotatable bonds is 4. The smallest absolute Gasteiger partial charge is 0.283 e. The minimum atomic E-state index is -1.60. The van der Waals surface area contributed by atoms with Crippen molar-refractivity contribution in [3.8, 4) is 5.75 Å². The molecule has 9 heteroatoms. The molecule has 0 saturated carbocycles. The van der Waals surface area contributed by atoms with E-state index in [2.05, 4.69) is 15.3 Å². The van der Waals surface area contributed by atoms with Crippen molar-refractivity contribution < 1.29 is 23.0 Å². The number of benzene rings is 1. The Morgan fingerprint density at radius 1 is 1.41 bits per heavy atom. The van der Waals surface area contributed by atoms with Crippen molar-refractivity contribution in [2.45, 2.75) is 18.6 Å². The van der Waals surface area contributed by atoms with Crippen LogP contribution in [0.3, 0.4) is 0 Å². The molecular weight excluding hydrogens is 358 g/mol. The maximum atomic E-state index is 14.4. The van der Waals surface area contributed by atoms with Gasteiger partial charge in [0.2, 0.25) is 0 Å². The molecule has 1 aliphatic heterocycles. The predicted molar refractivity (Wildman–Crippen MR) is 95.0 cm³/mol. The van der Waals surface area contributed by atoms with Crippen LogP contribution in [0.4, 0.5) is 14.5 Å². The molecule has 3 rings (SSSR count). The molecular formula is C18H18F2N4O3. The first-order chi connectivity index (χ1) is 12.8. The predicted octanol–water partition coefficient (Wildman–Crippen LogP) is 2.38. The number of nitrogens with one attached hydrogen (secondary N) is 1. The van der Waals surface area contributed by atoms with E-state index in [9.17, 15) is 13.6 Å². The Morgan fingerprint density at radius 2 is 2.19 bits per heavy atom. The van der Waals surface area contributed by atoms with Crippen molar-refractivity contribution in [3.63, 3.8) is 0 Å². The van der Waals surface area contributed by atoms with Gasteiger partial charge in [0.05, 0.1) is 13.3 Å². The number of ether oxygens (including phenoxy) is 2. The lowest BCUT2D eigenvalue weighted by Crippen LogP contribution is -2.43. The number of aliphatic imine (C=N–C) groups is 1. The highest BCUT2D eigenvalue weighted by Gasteiger charge is 2.42. The summed E-state index contributed by atoms with van der Waals surface area (Å²) in [7, 11) is 1.49. The summed E-state index contributed by atoms with van der Waals surface area (Å²) in [4.78, 5) is 20.3. The number of methoxy groups -OCH3 is 1. The number of pyridine rings is 1. The van der Waals surface area contributed by atoms with Gasteiger partial charge >= 0.3 is 0 Å². The lowest BCUT2D eigenvalue weighted by Gasteiger charge is -2.33. The number of hydrogen-bond donors (Lipinski definition) is 2. The molecule has 3 N–H and O–H groups in total. The van der Waals surface area contributed by atoms with Gasteiger partial charge in [-0.2, -0.15) is 0 Å². The Morgan fingerprint density at radius 3 is 2.85 bits per heavy atom. The number of carbonyl (C=O) groups is 1. The second-order valence-corrected chi connectivity index (χ2v) is 6.11. The fourth-order valence-corrected chi connectivity index (χ4v) is 2.70. The molecule has 2 aromatic rings. The van der Waals surface area contributed by atoms with Gasteiger partial charge < -0.3 is 20.5 Å². The largest absolute Gasteiger partial charge is 0.495 e. The lowest BCUT2D eigenvalue weighted by atomic mass is 9.86. The number of nitrogens with zero attached hydrogens (tertiary/aromatic N) is 2. The highest BCUT2D eigenvalue weighted by atomic mass is 19.1. The number of nitrogens with two attached hydrogens (primary N) is 1. The number of carbonyl (C=O) groups excluding carboxylic acids is 1. The number of amides is 1. The monoisotopic (exact) mass is 376 g/mol. The third kappa shape index (κ3) is 3.67. The van der Waals surface area contributed by atoms with Crippen molar-refractivity contribution in [1.29, 1.82) is 0 Å². The molecule has 1 aromatic heterocycles. The third-order valence-electron chi connectivity index (χ3n) is 4.30. The summed E-state index contributed by atoms with van der Waals surface area (Å²) in [5.41, 5.74) is 4.33. The topological polar surface area (TPSA) is 98.8 Å². The molecule has 1 aliphatic rings. The van der Waals surface area contributed by atoms with Crippen molar-refractivity contribution in [2.75, 3.05) is 19.0 Å². The van der Waals surface area contributed by atoms with Crippen LogP contribution in [0.5, 0.6) is 5.75 Å². The van der Waals surface area contributed by atoms with Gasteiger partial charge in [0.25, 0.3) is 11.9 Å². The van der Waals surface area contributed by atoms with Crippen LogP contribution in [-0.2, 0) is 10.3 Å². The van der Waals surface area contributed by atoms with Crippen molar-refractivity contribution in [2.24, 2.45) is 10.7 Å². The van der Waals surface area contributed by atoms with E-state index in [1.54, 1.807) is 6.07 Å². The average molecular weight is 376 g/mol. The number of amidine groups is 1. The Kier molecular flexibility index (Phi) is 4.93. The van der Waals surface area contributed by atoms with Gasteiger partial charge in [0.1, 0.15) is 29.4 Å². The van der Waals surface area contributed by atoms with E-state index < -0.39 is 23.4 Å². The van der Waals surface area contributed by atoms with E-state index in [0.717, 1.165) is 6.07 Å². The van der Waals surface area contributed by atoms with Gasteiger partial charge in [-0.1, -0.05) is 0 Å². The number of alkyl halides is 1. The van der Waals surface area contributed by atoms with Crippen molar-refractivity contribution in [3.05, 3.63) is 53.6 Å². The molecule has 0 bridgehead atoms. The van der Waals surface area contributed by atoms with E-state index in [0.29, 0.717) is 5.75 Å². The van der Waals surface area contributed by atoms with E-state index in [1.165, 1.54) is 38.4 Å². The molecule has 142 valence electrons. The highest BCUT2D eigenvalue weighted by Crippen LogP contribution is 2.37. The minimum absolute atomic E-state index is 0.0401. The second kappa shape index (κ2) is 7.18. The van der Waals surface area contributed by atoms with Crippen LogP contribution in [0.1, 0.15) is 23.0 Å². The van der Waals surface area contributed by atoms with Gasteiger partial charge in [-0.15, -0.1) is 0 Å². The molecule has 0 fully saturated rings. The minimum Gasteiger partial charge on any atom is -0.495 e. The summed E-state index contributed by atoms with van der Waals surface area (Å²) in [5, 5.41) is 2.60. The maximum absolute atomic E-state index is 14.4. The quantitative estimate of drug-likeness (QED) is 0.854. The van der Waals surface area contributed by atoms with Gasteiger partial charge in [0, 0.05) is 11.3 Å². The molecule has 1 aromatic carbocycles. The zero-order valence-electron chi connectivity index (χ0n) is 14.7. The molecule has 0 radical (unpaired) electrons. The van der Waals surface area contributed by atoms with Gasteiger partial charge in [-0.3, -0.25) is 4.79 Å². The standard InChI is InChI=1S/C18H18F2N4O3/c1-18(15(20)9-27-17(21)24-18)12-7-10(3-5-13(12)19)23-16(25)14-6-4-11(26-2)8-22-14/h3-8,15H,9H2,1-2H3,(H2,21,24)(H,23,25)/t15-,18+/m0/s1. The van der Waals surface area contributed by atoms with Gasteiger partial charge in [-0.05, 0) is 37.3 Å². The summed E-state index contributed by atoms with van der Waals surface area (Å²) >= 11 is 0. The summed E-state index contributed by atoms with van der Waals surface area (Å²) < 4.78 is 38.7. The van der Waals surface area contributed by atoms with Crippen molar-refractivity contribution >= 4 is 17.6 Å². The summed E-state index contributed by atoms with van der Waals surface area (Å²) in [5.74, 6) is -0.668. The lowest BCUT2D eigenvalue weighted by molar-refractivity contribution is 0.0923. The molecule has 2 atom stereocenters. The van der Waals surface area contributed by atoms with Crippen LogP contribution in [0.15, 0.2) is 41.5 Å². The fourth-order valence-electron chi connectivity index (χ4n) is 2.70. The molecule has 0 aliphatic carbocycles. The number of anilines is 1. The van der Waals surface area contributed by atoms with Gasteiger partial charge in [0.15, 0.2) is 6.17 Å². The van der Waals surface area contributed by atoms with E-state index in [-0.39, 0.29) is 29.6 Å². The van der Waals surface area contributed by atoms with Crippen LogP contribution < -0.4 is 15.8 Å². The number of aromatic nitrogens is 1. The average Bonchev–Trinajstić information content (AvgIpc) is 2.66. The van der Waals surface area contributed by atoms with Crippen LogP contribution in [0, 0.1) is 5.82 Å². The number of halogens is 2. The first-order valence-corrected chi connectivity index (χ1v) is 8.07. The first-order valence-electron chi connectivity index (χ1n) is 8.07.